The van der Waals surface area contributed by atoms with E-state index in [1.165, 1.54) is 0 Å². The van der Waals surface area contributed by atoms with Gasteiger partial charge in [-0.15, -0.1) is 0 Å². The van der Waals surface area contributed by atoms with Crippen LogP contribution in [0.1, 0.15) is 31.5 Å². The van der Waals surface area contributed by atoms with E-state index in [0.29, 0.717) is 5.02 Å². The van der Waals surface area contributed by atoms with Crippen LogP contribution in [-0.2, 0) is 6.54 Å². The van der Waals surface area contributed by atoms with Crippen molar-refractivity contribution in [3.63, 3.8) is 0 Å². The van der Waals surface area contributed by atoms with Gasteiger partial charge in [-0.3, -0.25) is 16.0 Å². The fourth-order valence-electron chi connectivity index (χ4n) is 1.64. The standard InChI is InChI=1S/C10H19ClN4S/c1-3-5-15-10(8(11)7-13-15)9(14-12)4-6-16-2/h7,9,14H,3-6,12H2,1-2H3. The zero-order chi connectivity index (χ0) is 12.0. The first-order chi connectivity index (χ1) is 7.74. The van der Waals surface area contributed by atoms with Crippen molar-refractivity contribution in [2.75, 3.05) is 12.0 Å². The minimum absolute atomic E-state index is 0.0778. The largest absolute Gasteiger partial charge is 0.271 e. The van der Waals surface area contributed by atoms with Crippen LogP contribution >= 0.6 is 23.4 Å². The highest BCUT2D eigenvalue weighted by Gasteiger charge is 2.18. The van der Waals surface area contributed by atoms with Gasteiger partial charge in [0.25, 0.3) is 0 Å². The lowest BCUT2D eigenvalue weighted by molar-refractivity contribution is 0.473. The molecule has 92 valence electrons. The van der Waals surface area contributed by atoms with Crippen molar-refractivity contribution < 1.29 is 0 Å². The molecular formula is C10H19ClN4S. The minimum Gasteiger partial charge on any atom is -0.271 e. The van der Waals surface area contributed by atoms with Gasteiger partial charge in [0.2, 0.25) is 0 Å². The number of aromatic nitrogens is 2. The Hall–Kier alpha value is -0.230. The van der Waals surface area contributed by atoms with E-state index in [9.17, 15) is 0 Å². The first-order valence-corrected chi connectivity index (χ1v) is 7.18. The number of nitrogens with zero attached hydrogens (tertiary/aromatic N) is 2. The normalized spacial score (nSPS) is 13.0. The fraction of sp³-hybridized carbons (Fsp3) is 0.700. The van der Waals surface area contributed by atoms with E-state index in [1.807, 2.05) is 4.68 Å². The second kappa shape index (κ2) is 7.17. The van der Waals surface area contributed by atoms with Gasteiger partial charge in [0.15, 0.2) is 0 Å². The summed E-state index contributed by atoms with van der Waals surface area (Å²) in [6.45, 7) is 2.99. The number of halogens is 1. The van der Waals surface area contributed by atoms with Crippen LogP contribution in [0.2, 0.25) is 5.02 Å². The molecule has 1 aromatic rings. The van der Waals surface area contributed by atoms with Crippen LogP contribution in [0.3, 0.4) is 0 Å². The molecule has 0 saturated carbocycles. The number of nitrogens with two attached hydrogens (primary N) is 1. The molecule has 1 aromatic heterocycles. The predicted molar refractivity (Wildman–Crippen MR) is 70.6 cm³/mol. The lowest BCUT2D eigenvalue weighted by Crippen LogP contribution is -2.30. The highest BCUT2D eigenvalue weighted by molar-refractivity contribution is 7.98. The molecule has 16 heavy (non-hydrogen) atoms. The molecule has 0 amide bonds. The maximum Gasteiger partial charge on any atom is 0.0834 e. The Morgan fingerprint density at radius 2 is 2.44 bits per heavy atom. The van der Waals surface area contributed by atoms with Crippen molar-refractivity contribution in [1.82, 2.24) is 15.2 Å². The molecule has 0 bridgehead atoms. The first-order valence-electron chi connectivity index (χ1n) is 5.40. The van der Waals surface area contributed by atoms with Crippen LogP contribution in [-0.4, -0.2) is 21.8 Å². The quantitative estimate of drug-likeness (QED) is 0.584. The van der Waals surface area contributed by atoms with Crippen molar-refractivity contribution in [3.8, 4) is 0 Å². The second-order valence-corrected chi connectivity index (χ2v) is 4.99. The Balaban J connectivity index is 2.84. The molecule has 0 saturated heterocycles. The summed E-state index contributed by atoms with van der Waals surface area (Å²) in [5.74, 6) is 6.62. The highest BCUT2D eigenvalue weighted by Crippen LogP contribution is 2.25. The summed E-state index contributed by atoms with van der Waals surface area (Å²) in [6, 6.07) is 0.0778. The molecule has 1 rings (SSSR count). The summed E-state index contributed by atoms with van der Waals surface area (Å²) >= 11 is 7.95. The number of hydrogen-bond acceptors (Lipinski definition) is 4. The second-order valence-electron chi connectivity index (χ2n) is 3.60. The van der Waals surface area contributed by atoms with Crippen molar-refractivity contribution in [2.45, 2.75) is 32.4 Å². The third kappa shape index (κ3) is 3.38. The molecule has 6 heteroatoms. The van der Waals surface area contributed by atoms with Crippen LogP contribution in [0.25, 0.3) is 0 Å². The van der Waals surface area contributed by atoms with Gasteiger partial charge in [0, 0.05) is 6.54 Å². The van der Waals surface area contributed by atoms with Gasteiger partial charge in [-0.1, -0.05) is 18.5 Å². The topological polar surface area (TPSA) is 55.9 Å². The first kappa shape index (κ1) is 13.8. The number of hydrogen-bond donors (Lipinski definition) is 2. The lowest BCUT2D eigenvalue weighted by Gasteiger charge is -2.17. The number of rotatable bonds is 7. The van der Waals surface area contributed by atoms with Crippen molar-refractivity contribution >= 4 is 23.4 Å². The van der Waals surface area contributed by atoms with Crippen LogP contribution in [0.4, 0.5) is 0 Å². The van der Waals surface area contributed by atoms with E-state index < -0.39 is 0 Å². The van der Waals surface area contributed by atoms with Crippen molar-refractivity contribution in [1.29, 1.82) is 0 Å². The SMILES string of the molecule is CCCn1ncc(Cl)c1C(CCSC)NN. The summed E-state index contributed by atoms with van der Waals surface area (Å²) < 4.78 is 1.94. The molecule has 0 aliphatic rings. The smallest absolute Gasteiger partial charge is 0.0834 e. The summed E-state index contributed by atoms with van der Waals surface area (Å²) in [5, 5.41) is 4.96. The van der Waals surface area contributed by atoms with Crippen LogP contribution < -0.4 is 11.3 Å². The van der Waals surface area contributed by atoms with Gasteiger partial charge in [0.1, 0.15) is 0 Å². The van der Waals surface area contributed by atoms with Crippen molar-refractivity contribution in [3.05, 3.63) is 16.9 Å². The molecule has 0 aliphatic heterocycles. The molecule has 0 radical (unpaired) electrons. The third-order valence-corrected chi connectivity index (χ3v) is 3.35. The average Bonchev–Trinajstić information content (AvgIpc) is 2.63. The number of thioether (sulfide) groups is 1. The minimum atomic E-state index is 0.0778. The van der Waals surface area contributed by atoms with Gasteiger partial charge in [-0.05, 0) is 24.9 Å². The molecule has 0 aromatic carbocycles. The molecule has 4 nitrogen and oxygen atoms in total. The van der Waals surface area contributed by atoms with Gasteiger partial charge < -0.3 is 0 Å². The van der Waals surface area contributed by atoms with Gasteiger partial charge >= 0.3 is 0 Å². The molecule has 1 atom stereocenters. The van der Waals surface area contributed by atoms with E-state index in [0.717, 1.165) is 30.8 Å². The maximum absolute atomic E-state index is 6.15. The van der Waals surface area contributed by atoms with E-state index >= 15 is 0 Å². The number of aryl methyl sites for hydroxylation is 1. The zero-order valence-corrected chi connectivity index (χ0v) is 11.3. The molecular weight excluding hydrogens is 244 g/mol. The highest BCUT2D eigenvalue weighted by atomic mass is 35.5. The Labute approximate surface area is 106 Å². The molecule has 3 N–H and O–H groups in total. The molecule has 0 spiro atoms. The van der Waals surface area contributed by atoms with Crippen molar-refractivity contribution in [2.24, 2.45) is 5.84 Å². The monoisotopic (exact) mass is 262 g/mol. The number of nitrogens with one attached hydrogen (secondary N) is 1. The van der Waals surface area contributed by atoms with E-state index in [1.54, 1.807) is 18.0 Å². The molecule has 0 fully saturated rings. The summed E-state index contributed by atoms with van der Waals surface area (Å²) in [4.78, 5) is 0. The van der Waals surface area contributed by atoms with Gasteiger partial charge in [-0.2, -0.15) is 16.9 Å². The molecule has 1 heterocycles. The van der Waals surface area contributed by atoms with E-state index in [4.69, 9.17) is 17.4 Å². The zero-order valence-electron chi connectivity index (χ0n) is 9.74. The van der Waals surface area contributed by atoms with E-state index in [-0.39, 0.29) is 6.04 Å². The summed E-state index contributed by atoms with van der Waals surface area (Å²) in [6.07, 6.45) is 5.76. The Kier molecular flexibility index (Phi) is 6.20. The fourth-order valence-corrected chi connectivity index (χ4v) is 2.39. The Morgan fingerprint density at radius 1 is 1.69 bits per heavy atom. The Morgan fingerprint density at radius 3 is 3.00 bits per heavy atom. The Bertz CT molecular complexity index is 316. The summed E-state index contributed by atoms with van der Waals surface area (Å²) in [7, 11) is 0. The predicted octanol–water partition coefficient (Wildman–Crippen LogP) is 2.20. The van der Waals surface area contributed by atoms with Gasteiger partial charge in [0.05, 0.1) is 23.0 Å². The van der Waals surface area contributed by atoms with Crippen LogP contribution in [0.15, 0.2) is 6.20 Å². The third-order valence-electron chi connectivity index (χ3n) is 2.41. The average molecular weight is 263 g/mol. The molecule has 0 aliphatic carbocycles. The van der Waals surface area contributed by atoms with Crippen LogP contribution in [0.5, 0.6) is 0 Å². The number of hydrazine groups is 1. The van der Waals surface area contributed by atoms with Gasteiger partial charge in [-0.25, -0.2) is 0 Å². The lowest BCUT2D eigenvalue weighted by atomic mass is 10.1. The summed E-state index contributed by atoms with van der Waals surface area (Å²) in [5.41, 5.74) is 3.82. The molecule has 1 unspecified atom stereocenters. The van der Waals surface area contributed by atoms with Crippen LogP contribution in [0, 0.1) is 0 Å². The maximum atomic E-state index is 6.15. The van der Waals surface area contributed by atoms with E-state index in [2.05, 4.69) is 23.7 Å².